The second kappa shape index (κ2) is 3.95. The Labute approximate surface area is 79.5 Å². The van der Waals surface area contributed by atoms with E-state index in [1.807, 2.05) is 6.07 Å². The third kappa shape index (κ3) is 2.00. The average molecular weight is 166 g/mol. The zero-order chi connectivity index (χ0) is 8.93. The molecule has 0 amide bonds. The Bertz CT molecular complexity index is 358. The molecule has 1 heterocycles. The summed E-state index contributed by atoms with van der Waals surface area (Å²) < 4.78 is 0. The Morgan fingerprint density at radius 2 is 1.77 bits per heavy atom. The first kappa shape index (κ1) is 8.12. The molecule has 0 aromatic heterocycles. The van der Waals surface area contributed by atoms with Gasteiger partial charge in [0, 0.05) is 0 Å². The summed E-state index contributed by atoms with van der Waals surface area (Å²) in [5.74, 6) is 4.34. The van der Waals surface area contributed by atoms with Gasteiger partial charge in [0.05, 0.1) is 0 Å². The topological polar surface area (TPSA) is 0 Å². The van der Waals surface area contributed by atoms with Crippen LogP contribution in [-0.2, 0) is 0 Å². The summed E-state index contributed by atoms with van der Waals surface area (Å²) in [7, 11) is 1.03. The zero-order valence-electron chi connectivity index (χ0n) is 7.48. The largest absolute Gasteiger partial charge is 0.173 e. The summed E-state index contributed by atoms with van der Waals surface area (Å²) in [4.78, 5) is 0. The highest BCUT2D eigenvalue weighted by molar-refractivity contribution is 6.48. The van der Waals surface area contributed by atoms with Crippen molar-refractivity contribution in [1.82, 2.24) is 0 Å². The van der Waals surface area contributed by atoms with Gasteiger partial charge in [-0.15, -0.1) is 12.0 Å². The lowest BCUT2D eigenvalue weighted by Crippen LogP contribution is -1.78. The maximum atomic E-state index is 2.18. The first-order valence-electron chi connectivity index (χ1n) is 4.55. The second-order valence-corrected chi connectivity index (χ2v) is 3.05. The normalized spacial score (nSPS) is 14.6. The van der Waals surface area contributed by atoms with Crippen LogP contribution in [0.25, 0.3) is 5.57 Å². The molecule has 62 valence electrons. The molecule has 0 aliphatic carbocycles. The number of allylic oxidation sites excluding steroid dienone is 4. The van der Waals surface area contributed by atoms with Gasteiger partial charge in [-0.2, -0.15) is 0 Å². The minimum atomic E-state index is 1.03. The summed E-state index contributed by atoms with van der Waals surface area (Å²) in [5, 5.41) is 0. The van der Waals surface area contributed by atoms with E-state index in [2.05, 4.69) is 54.4 Å². The van der Waals surface area contributed by atoms with Gasteiger partial charge < -0.3 is 0 Å². The van der Waals surface area contributed by atoms with Gasteiger partial charge in [0.2, 0.25) is 0 Å². The third-order valence-electron chi connectivity index (χ3n) is 2.09. The van der Waals surface area contributed by atoms with E-state index in [1.54, 1.807) is 0 Å². The van der Waals surface area contributed by atoms with Crippen LogP contribution in [0.2, 0.25) is 0 Å². The molecule has 1 heteroatoms. The van der Waals surface area contributed by atoms with Crippen molar-refractivity contribution in [1.29, 1.82) is 0 Å². The lowest BCUT2D eigenvalue weighted by molar-refractivity contribution is 1.62. The number of hydrogen-bond acceptors (Lipinski definition) is 0. The second-order valence-electron chi connectivity index (χ2n) is 3.05. The number of benzene rings is 1. The van der Waals surface area contributed by atoms with Crippen LogP contribution in [0, 0.1) is 0 Å². The van der Waals surface area contributed by atoms with Crippen LogP contribution in [0.4, 0.5) is 0 Å². The highest BCUT2D eigenvalue weighted by Crippen LogP contribution is 2.16. The van der Waals surface area contributed by atoms with Gasteiger partial charge in [-0.25, -0.2) is 0 Å². The first-order valence-corrected chi connectivity index (χ1v) is 4.55. The van der Waals surface area contributed by atoms with E-state index < -0.39 is 0 Å². The molecule has 2 rings (SSSR count). The fourth-order valence-corrected chi connectivity index (χ4v) is 1.40. The minimum Gasteiger partial charge on any atom is -0.114 e. The van der Waals surface area contributed by atoms with Gasteiger partial charge in [0.25, 0.3) is 0 Å². The van der Waals surface area contributed by atoms with Crippen LogP contribution >= 0.6 is 0 Å². The molecule has 0 atom stereocenters. The molecule has 1 aromatic rings. The molecule has 0 N–H and O–H groups in total. The predicted octanol–water partition coefficient (Wildman–Crippen LogP) is 2.55. The Morgan fingerprint density at radius 3 is 2.62 bits per heavy atom. The number of hydrogen-bond donors (Lipinski definition) is 0. The maximum absolute atomic E-state index is 2.18. The van der Waals surface area contributed by atoms with Crippen LogP contribution in [0.15, 0.2) is 60.5 Å². The van der Waals surface area contributed by atoms with E-state index in [0.29, 0.717) is 0 Å². The summed E-state index contributed by atoms with van der Waals surface area (Å²) in [6.45, 7) is 0. The Morgan fingerprint density at radius 1 is 0.923 bits per heavy atom. The summed E-state index contributed by atoms with van der Waals surface area (Å²) in [6, 6.07) is 10.4. The third-order valence-corrected chi connectivity index (χ3v) is 2.09. The van der Waals surface area contributed by atoms with Crippen molar-refractivity contribution in [2.45, 2.75) is 0 Å². The first-order chi connectivity index (χ1) is 6.47. The fourth-order valence-electron chi connectivity index (χ4n) is 1.40. The van der Waals surface area contributed by atoms with E-state index in [0.717, 1.165) is 7.28 Å². The average Bonchev–Trinajstić information content (AvgIpc) is 2.47. The monoisotopic (exact) mass is 166 g/mol. The number of rotatable bonds is 1. The molecular formula is C12H11B. The fraction of sp³-hybridized carbons (Fsp3) is 0. The van der Waals surface area contributed by atoms with Crippen LogP contribution in [0.3, 0.4) is 0 Å². The van der Waals surface area contributed by atoms with E-state index in [9.17, 15) is 0 Å². The molecule has 13 heavy (non-hydrogen) atoms. The summed E-state index contributed by atoms with van der Waals surface area (Å²) in [5.41, 5.74) is 2.57. The Kier molecular flexibility index (Phi) is 2.47. The summed E-state index contributed by atoms with van der Waals surface area (Å²) >= 11 is 0. The van der Waals surface area contributed by atoms with Gasteiger partial charge in [0.1, 0.15) is 0 Å². The minimum absolute atomic E-state index is 1.03. The van der Waals surface area contributed by atoms with Crippen LogP contribution in [0.5, 0.6) is 0 Å². The highest BCUT2D eigenvalue weighted by Gasteiger charge is 1.95. The lowest BCUT2D eigenvalue weighted by atomic mass is 9.79. The van der Waals surface area contributed by atoms with Gasteiger partial charge in [-0.3, -0.25) is 0 Å². The van der Waals surface area contributed by atoms with Crippen molar-refractivity contribution >= 4 is 12.9 Å². The molecule has 0 saturated carbocycles. The molecule has 1 aliphatic heterocycles. The van der Waals surface area contributed by atoms with E-state index in [4.69, 9.17) is 0 Å². The molecular weight excluding hydrogens is 155 g/mol. The highest BCUT2D eigenvalue weighted by atomic mass is 14.0. The molecule has 0 saturated heterocycles. The van der Waals surface area contributed by atoms with Gasteiger partial charge in [-0.05, 0) is 11.1 Å². The van der Waals surface area contributed by atoms with Crippen LogP contribution < -0.4 is 0 Å². The van der Waals surface area contributed by atoms with Crippen molar-refractivity contribution in [3.63, 3.8) is 0 Å². The maximum Gasteiger partial charge on any atom is 0.173 e. The lowest BCUT2D eigenvalue weighted by Gasteiger charge is -1.99. The standard InChI is InChI=1S/C12H11B/c1-2-5-11(6-3-1)12-7-4-9-13-10-8-12/h1-10,13H. The van der Waals surface area contributed by atoms with Crippen molar-refractivity contribution in [2.24, 2.45) is 0 Å². The SMILES string of the molecule is B1C=CC=C(c2ccccc2)C=C1. The Hall–Kier alpha value is -1.50. The van der Waals surface area contributed by atoms with E-state index in [-0.39, 0.29) is 0 Å². The molecule has 1 aliphatic rings. The predicted molar refractivity (Wildman–Crippen MR) is 59.8 cm³/mol. The van der Waals surface area contributed by atoms with Crippen LogP contribution in [0.1, 0.15) is 5.56 Å². The van der Waals surface area contributed by atoms with Crippen molar-refractivity contribution in [3.05, 3.63) is 66.1 Å². The quantitative estimate of drug-likeness (QED) is 0.562. The van der Waals surface area contributed by atoms with Gasteiger partial charge >= 0.3 is 0 Å². The van der Waals surface area contributed by atoms with Crippen molar-refractivity contribution in [2.75, 3.05) is 0 Å². The zero-order valence-corrected chi connectivity index (χ0v) is 7.48. The molecule has 0 bridgehead atoms. The van der Waals surface area contributed by atoms with Crippen LogP contribution in [-0.4, -0.2) is 7.28 Å². The molecule has 0 nitrogen and oxygen atoms in total. The molecule has 0 spiro atoms. The van der Waals surface area contributed by atoms with Gasteiger partial charge in [0.15, 0.2) is 7.28 Å². The van der Waals surface area contributed by atoms with Gasteiger partial charge in [-0.1, -0.05) is 48.6 Å². The molecule has 0 radical (unpaired) electrons. The Balaban J connectivity index is 2.36. The summed E-state index contributed by atoms with van der Waals surface area (Å²) in [6.07, 6.45) is 6.44. The van der Waals surface area contributed by atoms with E-state index in [1.165, 1.54) is 11.1 Å². The van der Waals surface area contributed by atoms with Crippen molar-refractivity contribution in [3.8, 4) is 0 Å². The molecule has 1 aromatic carbocycles. The smallest absolute Gasteiger partial charge is 0.114 e. The van der Waals surface area contributed by atoms with E-state index >= 15 is 0 Å². The molecule has 0 unspecified atom stereocenters. The van der Waals surface area contributed by atoms with Crippen molar-refractivity contribution < 1.29 is 0 Å². The molecule has 0 fully saturated rings.